The molecule has 1 nitrogen and oxygen atoms in total. The Morgan fingerprint density at radius 1 is 1.18 bits per heavy atom. The summed E-state index contributed by atoms with van der Waals surface area (Å²) in [6, 6.07) is 8.58. The van der Waals surface area contributed by atoms with Crippen LogP contribution in [0.4, 0.5) is 0 Å². The molecule has 0 fully saturated rings. The molecule has 1 aliphatic rings. The van der Waals surface area contributed by atoms with Gasteiger partial charge in [0.1, 0.15) is 0 Å². The Balaban J connectivity index is 2.19. The van der Waals surface area contributed by atoms with Crippen LogP contribution in [0.5, 0.6) is 0 Å². The number of nitrogens with two attached hydrogens (primary N) is 1. The fourth-order valence-corrected chi connectivity index (χ4v) is 4.48. The topological polar surface area (TPSA) is 26.0 Å². The predicted molar refractivity (Wildman–Crippen MR) is 76.4 cm³/mol. The van der Waals surface area contributed by atoms with E-state index in [4.69, 9.17) is 5.73 Å². The molecule has 0 amide bonds. The monoisotopic (exact) mass is 307 g/mol. The van der Waals surface area contributed by atoms with E-state index in [9.17, 15) is 0 Å². The Morgan fingerprint density at radius 3 is 2.76 bits per heavy atom. The fourth-order valence-electron chi connectivity index (χ4n) is 2.75. The van der Waals surface area contributed by atoms with Crippen molar-refractivity contribution in [2.24, 2.45) is 5.73 Å². The van der Waals surface area contributed by atoms with Crippen LogP contribution in [0.1, 0.15) is 29.5 Å². The third-order valence-corrected chi connectivity index (χ3v) is 5.31. The molecule has 1 atom stereocenters. The van der Waals surface area contributed by atoms with Gasteiger partial charge in [-0.05, 0) is 51.7 Å². The van der Waals surface area contributed by atoms with E-state index < -0.39 is 0 Å². The summed E-state index contributed by atoms with van der Waals surface area (Å²) in [5.74, 6) is 0. The Bertz CT molecular complexity index is 549. The first-order chi connectivity index (χ1) is 8.22. The number of benzene rings is 1. The maximum atomic E-state index is 6.71. The van der Waals surface area contributed by atoms with Gasteiger partial charge in [0.05, 0.1) is 5.54 Å². The molecule has 17 heavy (non-hydrogen) atoms. The van der Waals surface area contributed by atoms with Crippen molar-refractivity contribution >= 4 is 27.3 Å². The highest BCUT2D eigenvalue weighted by Crippen LogP contribution is 2.42. The van der Waals surface area contributed by atoms with E-state index in [1.807, 2.05) is 0 Å². The maximum Gasteiger partial charge on any atom is 0.0687 e. The van der Waals surface area contributed by atoms with Gasteiger partial charge in [0.15, 0.2) is 0 Å². The second-order valence-electron chi connectivity index (χ2n) is 4.62. The third-order valence-electron chi connectivity index (χ3n) is 3.61. The van der Waals surface area contributed by atoms with Crippen LogP contribution in [0.3, 0.4) is 0 Å². The van der Waals surface area contributed by atoms with E-state index in [0.717, 1.165) is 23.7 Å². The van der Waals surface area contributed by atoms with E-state index in [0.29, 0.717) is 0 Å². The molecule has 2 aromatic rings. The Morgan fingerprint density at radius 2 is 2.00 bits per heavy atom. The lowest BCUT2D eigenvalue weighted by Gasteiger charge is -2.36. The van der Waals surface area contributed by atoms with Crippen molar-refractivity contribution in [2.45, 2.75) is 24.8 Å². The first-order valence-corrected chi connectivity index (χ1v) is 7.55. The number of aryl methyl sites for hydroxylation is 1. The number of hydrogen-bond acceptors (Lipinski definition) is 2. The summed E-state index contributed by atoms with van der Waals surface area (Å²) in [6.07, 6.45) is 3.34. The number of rotatable bonds is 1. The van der Waals surface area contributed by atoms with Crippen LogP contribution in [0.25, 0.3) is 0 Å². The summed E-state index contributed by atoms with van der Waals surface area (Å²) in [6.45, 7) is 0. The molecule has 0 saturated heterocycles. The van der Waals surface area contributed by atoms with E-state index in [1.54, 1.807) is 11.3 Å². The molecule has 0 radical (unpaired) electrons. The molecule has 2 N–H and O–H groups in total. The molecule has 0 saturated carbocycles. The van der Waals surface area contributed by atoms with Gasteiger partial charge < -0.3 is 5.73 Å². The number of thiophene rings is 1. The highest BCUT2D eigenvalue weighted by atomic mass is 79.9. The van der Waals surface area contributed by atoms with Crippen LogP contribution in [0.2, 0.25) is 0 Å². The van der Waals surface area contributed by atoms with Crippen LogP contribution in [-0.4, -0.2) is 0 Å². The summed E-state index contributed by atoms with van der Waals surface area (Å²) in [5, 5.41) is 4.29. The molecular formula is C14H14BrNS. The second-order valence-corrected chi connectivity index (χ2v) is 6.21. The summed E-state index contributed by atoms with van der Waals surface area (Å²) >= 11 is 5.33. The van der Waals surface area contributed by atoms with Crippen LogP contribution < -0.4 is 5.73 Å². The number of fused-ring (bicyclic) bond motifs is 1. The fraction of sp³-hybridized carbons (Fsp3) is 0.286. The van der Waals surface area contributed by atoms with Gasteiger partial charge in [-0.25, -0.2) is 0 Å². The minimum atomic E-state index is -0.312. The van der Waals surface area contributed by atoms with Crippen molar-refractivity contribution in [3.63, 3.8) is 0 Å². The Hall–Kier alpha value is -0.640. The molecular weight excluding hydrogens is 294 g/mol. The molecule has 0 spiro atoms. The van der Waals surface area contributed by atoms with E-state index in [1.165, 1.54) is 16.7 Å². The van der Waals surface area contributed by atoms with Gasteiger partial charge in [0, 0.05) is 15.4 Å². The number of hydrogen-bond donors (Lipinski definition) is 1. The first kappa shape index (κ1) is 11.5. The maximum absolute atomic E-state index is 6.71. The van der Waals surface area contributed by atoms with Gasteiger partial charge in [-0.2, -0.15) is 11.3 Å². The molecule has 0 bridgehead atoms. The summed E-state index contributed by atoms with van der Waals surface area (Å²) in [5.41, 5.74) is 10.3. The molecule has 1 unspecified atom stereocenters. The normalized spacial score (nSPS) is 23.4. The minimum absolute atomic E-state index is 0.312. The summed E-state index contributed by atoms with van der Waals surface area (Å²) in [4.78, 5) is 0. The first-order valence-electron chi connectivity index (χ1n) is 5.81. The smallest absolute Gasteiger partial charge is 0.0687 e. The zero-order valence-corrected chi connectivity index (χ0v) is 11.9. The van der Waals surface area contributed by atoms with Crippen molar-refractivity contribution < 1.29 is 0 Å². The average molecular weight is 308 g/mol. The van der Waals surface area contributed by atoms with Gasteiger partial charge in [0.25, 0.3) is 0 Å². The quantitative estimate of drug-likeness (QED) is 0.845. The summed E-state index contributed by atoms with van der Waals surface area (Å²) in [7, 11) is 0. The van der Waals surface area contributed by atoms with Gasteiger partial charge in [-0.3, -0.25) is 0 Å². The SMILES string of the molecule is NC1(c2cscc2Br)CCCc2ccccc21. The largest absolute Gasteiger partial charge is 0.318 e. The summed E-state index contributed by atoms with van der Waals surface area (Å²) < 4.78 is 1.14. The Kier molecular flexibility index (Phi) is 2.85. The van der Waals surface area contributed by atoms with Crippen molar-refractivity contribution in [1.82, 2.24) is 0 Å². The number of halogens is 1. The molecule has 3 rings (SSSR count). The van der Waals surface area contributed by atoms with E-state index in [2.05, 4.69) is 51.0 Å². The standard InChI is InChI=1S/C14H14BrNS/c15-13-9-17-8-12(13)14(16)7-3-5-10-4-1-2-6-11(10)14/h1-2,4,6,8-9H,3,5,7,16H2. The zero-order chi connectivity index (χ0) is 11.9. The van der Waals surface area contributed by atoms with Crippen LogP contribution in [0, 0.1) is 0 Å². The second kappa shape index (κ2) is 4.23. The van der Waals surface area contributed by atoms with Crippen molar-refractivity contribution in [2.75, 3.05) is 0 Å². The molecule has 1 aromatic carbocycles. The molecule has 0 aliphatic heterocycles. The van der Waals surface area contributed by atoms with Gasteiger partial charge in [-0.1, -0.05) is 24.3 Å². The average Bonchev–Trinajstić information content (AvgIpc) is 2.77. The van der Waals surface area contributed by atoms with Crippen molar-refractivity contribution in [1.29, 1.82) is 0 Å². The van der Waals surface area contributed by atoms with Gasteiger partial charge in [-0.15, -0.1) is 0 Å². The van der Waals surface area contributed by atoms with Gasteiger partial charge >= 0.3 is 0 Å². The Labute approximate surface area is 114 Å². The lowest BCUT2D eigenvalue weighted by molar-refractivity contribution is 0.442. The van der Waals surface area contributed by atoms with Crippen LogP contribution in [0.15, 0.2) is 39.5 Å². The zero-order valence-electron chi connectivity index (χ0n) is 9.45. The molecule has 1 aromatic heterocycles. The lowest BCUT2D eigenvalue weighted by atomic mass is 9.74. The van der Waals surface area contributed by atoms with Crippen LogP contribution in [-0.2, 0) is 12.0 Å². The van der Waals surface area contributed by atoms with E-state index in [-0.39, 0.29) is 5.54 Å². The van der Waals surface area contributed by atoms with Gasteiger partial charge in [0.2, 0.25) is 0 Å². The molecule has 1 heterocycles. The lowest BCUT2D eigenvalue weighted by Crippen LogP contribution is -2.41. The third kappa shape index (κ3) is 1.77. The molecule has 3 heteroatoms. The van der Waals surface area contributed by atoms with Crippen LogP contribution >= 0.6 is 27.3 Å². The van der Waals surface area contributed by atoms with Crippen molar-refractivity contribution in [3.8, 4) is 0 Å². The molecule has 88 valence electrons. The highest BCUT2D eigenvalue weighted by molar-refractivity contribution is 9.10. The predicted octanol–water partition coefficient (Wildman–Crippen LogP) is 4.05. The van der Waals surface area contributed by atoms with Crippen molar-refractivity contribution in [3.05, 3.63) is 56.2 Å². The van der Waals surface area contributed by atoms with E-state index >= 15 is 0 Å². The highest BCUT2D eigenvalue weighted by Gasteiger charge is 2.35. The minimum Gasteiger partial charge on any atom is -0.318 e. The molecule has 1 aliphatic carbocycles.